The van der Waals surface area contributed by atoms with E-state index in [-0.39, 0.29) is 5.56 Å². The highest BCUT2D eigenvalue weighted by molar-refractivity contribution is 6.31. The van der Waals surface area contributed by atoms with Gasteiger partial charge in [-0.05, 0) is 35.4 Å². The van der Waals surface area contributed by atoms with E-state index in [1.807, 2.05) is 30.3 Å². The first-order valence-electron chi connectivity index (χ1n) is 7.29. The van der Waals surface area contributed by atoms with Gasteiger partial charge < -0.3 is 9.84 Å². The zero-order valence-corrected chi connectivity index (χ0v) is 13.4. The lowest BCUT2D eigenvalue weighted by Crippen LogP contribution is -2.00. The Morgan fingerprint density at radius 1 is 1.08 bits per heavy atom. The molecule has 1 N–H and O–H groups in total. The number of ether oxygens (including phenoxy) is 1. The van der Waals surface area contributed by atoms with Gasteiger partial charge in [0.15, 0.2) is 0 Å². The number of pyridine rings is 1. The Morgan fingerprint density at radius 2 is 1.88 bits per heavy atom. The summed E-state index contributed by atoms with van der Waals surface area (Å²) in [6.45, 7) is 0.421. The van der Waals surface area contributed by atoms with Gasteiger partial charge in [0.05, 0.1) is 5.56 Å². The molecule has 0 saturated heterocycles. The average Bonchev–Trinajstić information content (AvgIpc) is 2.61. The van der Waals surface area contributed by atoms with E-state index in [9.17, 15) is 9.90 Å². The van der Waals surface area contributed by atoms with E-state index in [1.165, 1.54) is 6.07 Å². The highest BCUT2D eigenvalue weighted by atomic mass is 35.5. The van der Waals surface area contributed by atoms with Crippen molar-refractivity contribution in [3.05, 3.63) is 83.0 Å². The van der Waals surface area contributed by atoms with Crippen LogP contribution in [0.15, 0.2) is 66.9 Å². The normalized spacial score (nSPS) is 10.4. The maximum atomic E-state index is 11.3. The third kappa shape index (κ3) is 3.73. The van der Waals surface area contributed by atoms with Crippen molar-refractivity contribution < 1.29 is 14.6 Å². The molecule has 1 heterocycles. The van der Waals surface area contributed by atoms with Crippen molar-refractivity contribution in [1.29, 1.82) is 0 Å². The molecule has 0 spiro atoms. The van der Waals surface area contributed by atoms with Crippen LogP contribution in [0.4, 0.5) is 0 Å². The second-order valence-electron chi connectivity index (χ2n) is 5.15. The Labute approximate surface area is 144 Å². The zero-order valence-electron chi connectivity index (χ0n) is 12.6. The molecule has 3 rings (SSSR count). The molecule has 1 aromatic heterocycles. The van der Waals surface area contributed by atoms with Gasteiger partial charge in [-0.1, -0.05) is 41.9 Å². The van der Waals surface area contributed by atoms with Gasteiger partial charge in [0.2, 0.25) is 5.88 Å². The summed E-state index contributed by atoms with van der Waals surface area (Å²) in [4.78, 5) is 15.6. The summed E-state index contributed by atoms with van der Waals surface area (Å²) in [5.41, 5.74) is 2.42. The molecular formula is C19H14ClNO3. The minimum atomic E-state index is -1.01. The van der Waals surface area contributed by atoms with Crippen molar-refractivity contribution >= 4 is 17.6 Å². The van der Waals surface area contributed by atoms with Gasteiger partial charge in [-0.2, -0.15) is 0 Å². The van der Waals surface area contributed by atoms with E-state index < -0.39 is 5.97 Å². The molecule has 5 heteroatoms. The molecule has 0 amide bonds. The van der Waals surface area contributed by atoms with E-state index in [0.29, 0.717) is 28.6 Å². The lowest BCUT2D eigenvalue weighted by atomic mass is 10.0. The van der Waals surface area contributed by atoms with Gasteiger partial charge in [-0.3, -0.25) is 0 Å². The summed E-state index contributed by atoms with van der Waals surface area (Å²) in [6, 6.07) is 17.9. The Kier molecular flexibility index (Phi) is 4.77. The molecule has 0 fully saturated rings. The summed E-state index contributed by atoms with van der Waals surface area (Å²) < 4.78 is 5.63. The molecule has 0 atom stereocenters. The van der Waals surface area contributed by atoms with E-state index in [4.69, 9.17) is 16.3 Å². The summed E-state index contributed by atoms with van der Waals surface area (Å²) in [6.07, 6.45) is 1.58. The topological polar surface area (TPSA) is 59.4 Å². The van der Waals surface area contributed by atoms with Crippen molar-refractivity contribution in [2.45, 2.75) is 6.61 Å². The number of carbonyl (C=O) groups is 1. The van der Waals surface area contributed by atoms with Crippen LogP contribution in [-0.4, -0.2) is 16.1 Å². The number of nitrogens with zero attached hydrogens (tertiary/aromatic N) is 1. The molecule has 2 aromatic carbocycles. The fourth-order valence-electron chi connectivity index (χ4n) is 2.30. The van der Waals surface area contributed by atoms with Gasteiger partial charge in [0.1, 0.15) is 6.61 Å². The van der Waals surface area contributed by atoms with Crippen LogP contribution in [0, 0.1) is 0 Å². The summed E-state index contributed by atoms with van der Waals surface area (Å²) in [7, 11) is 0. The Morgan fingerprint density at radius 3 is 2.54 bits per heavy atom. The molecule has 3 aromatic rings. The first-order chi connectivity index (χ1) is 11.6. The van der Waals surface area contributed by atoms with Gasteiger partial charge in [0.25, 0.3) is 0 Å². The molecule has 0 unspecified atom stereocenters. The van der Waals surface area contributed by atoms with Crippen molar-refractivity contribution in [1.82, 2.24) is 4.98 Å². The van der Waals surface area contributed by atoms with Crippen LogP contribution >= 0.6 is 11.6 Å². The molecule has 0 bridgehead atoms. The molecular weight excluding hydrogens is 326 g/mol. The number of halogens is 1. The van der Waals surface area contributed by atoms with Gasteiger partial charge >= 0.3 is 5.97 Å². The van der Waals surface area contributed by atoms with Gasteiger partial charge in [-0.15, -0.1) is 0 Å². The minimum Gasteiger partial charge on any atom is -0.478 e. The molecule has 24 heavy (non-hydrogen) atoms. The largest absolute Gasteiger partial charge is 0.478 e. The molecule has 0 saturated carbocycles. The van der Waals surface area contributed by atoms with Gasteiger partial charge in [-0.25, -0.2) is 9.78 Å². The van der Waals surface area contributed by atoms with E-state index in [1.54, 1.807) is 30.5 Å². The Hall–Kier alpha value is -2.85. The third-order valence-electron chi connectivity index (χ3n) is 3.49. The summed E-state index contributed by atoms with van der Waals surface area (Å²) in [5.74, 6) is -0.535. The van der Waals surface area contributed by atoms with Crippen LogP contribution in [0.5, 0.6) is 5.88 Å². The minimum absolute atomic E-state index is 0.180. The maximum Gasteiger partial charge on any atom is 0.336 e. The first-order valence-corrected chi connectivity index (χ1v) is 7.67. The first kappa shape index (κ1) is 16.0. The monoisotopic (exact) mass is 339 g/mol. The van der Waals surface area contributed by atoms with Gasteiger partial charge in [0, 0.05) is 22.8 Å². The highest BCUT2D eigenvalue weighted by Crippen LogP contribution is 2.27. The van der Waals surface area contributed by atoms with Crippen LogP contribution in [0.3, 0.4) is 0 Å². The molecule has 0 aliphatic carbocycles. The number of aromatic nitrogens is 1. The molecule has 4 nitrogen and oxygen atoms in total. The number of hydrogen-bond acceptors (Lipinski definition) is 3. The van der Waals surface area contributed by atoms with Crippen molar-refractivity contribution in [3.63, 3.8) is 0 Å². The lowest BCUT2D eigenvalue weighted by molar-refractivity contribution is 0.0697. The Bertz CT molecular complexity index is 848. The lowest BCUT2D eigenvalue weighted by Gasteiger charge is -2.09. The fraction of sp³-hybridized carbons (Fsp3) is 0.0526. The number of carboxylic acids is 1. The number of rotatable bonds is 5. The summed E-state index contributed by atoms with van der Waals surface area (Å²) >= 11 is 5.98. The van der Waals surface area contributed by atoms with Crippen LogP contribution in [0.1, 0.15) is 15.9 Å². The van der Waals surface area contributed by atoms with Crippen LogP contribution in [0.2, 0.25) is 5.02 Å². The van der Waals surface area contributed by atoms with Crippen molar-refractivity contribution in [2.75, 3.05) is 0 Å². The van der Waals surface area contributed by atoms with Crippen molar-refractivity contribution in [3.8, 4) is 17.0 Å². The number of hydrogen-bond donors (Lipinski definition) is 1. The van der Waals surface area contributed by atoms with E-state index in [0.717, 1.165) is 5.56 Å². The number of carboxylic acid groups (broad SMARTS) is 1. The molecule has 0 aliphatic heterocycles. The SMILES string of the molecule is O=C(O)c1ccc(Cl)cc1-c1ccc(OCc2ccccc2)nc1. The standard InChI is InChI=1S/C19H14ClNO3/c20-15-7-8-16(19(22)23)17(10-15)14-6-9-18(21-11-14)24-12-13-4-2-1-3-5-13/h1-11H,12H2,(H,22,23). The van der Waals surface area contributed by atoms with Crippen LogP contribution < -0.4 is 4.74 Å². The van der Waals surface area contributed by atoms with E-state index >= 15 is 0 Å². The van der Waals surface area contributed by atoms with Crippen LogP contribution in [0.25, 0.3) is 11.1 Å². The number of aromatic carboxylic acids is 1. The third-order valence-corrected chi connectivity index (χ3v) is 3.72. The average molecular weight is 340 g/mol. The fourth-order valence-corrected chi connectivity index (χ4v) is 2.47. The maximum absolute atomic E-state index is 11.3. The Balaban J connectivity index is 1.80. The number of benzene rings is 2. The second kappa shape index (κ2) is 7.15. The van der Waals surface area contributed by atoms with E-state index in [2.05, 4.69) is 4.98 Å². The predicted octanol–water partition coefficient (Wildman–Crippen LogP) is 4.68. The second-order valence-corrected chi connectivity index (χ2v) is 5.59. The van der Waals surface area contributed by atoms with Crippen molar-refractivity contribution in [2.24, 2.45) is 0 Å². The predicted molar refractivity (Wildman–Crippen MR) is 92.4 cm³/mol. The molecule has 0 radical (unpaired) electrons. The highest BCUT2D eigenvalue weighted by Gasteiger charge is 2.12. The quantitative estimate of drug-likeness (QED) is 0.733. The zero-order chi connectivity index (χ0) is 16.9. The molecule has 0 aliphatic rings. The molecule has 120 valence electrons. The summed E-state index contributed by atoms with van der Waals surface area (Å²) in [5, 5.41) is 9.77. The van der Waals surface area contributed by atoms with Crippen LogP contribution in [-0.2, 0) is 6.61 Å². The smallest absolute Gasteiger partial charge is 0.336 e.